The van der Waals surface area contributed by atoms with E-state index in [1.807, 2.05) is 0 Å². The van der Waals surface area contributed by atoms with Gasteiger partial charge in [-0.05, 0) is 93.0 Å². The van der Waals surface area contributed by atoms with Crippen LogP contribution in [-0.4, -0.2) is 0 Å². The third-order valence-corrected chi connectivity index (χ3v) is 6.84. The zero-order valence-electron chi connectivity index (χ0n) is 15.5. The van der Waals surface area contributed by atoms with Gasteiger partial charge in [0.1, 0.15) is 17.0 Å². The average molecular weight is 386 g/mol. The lowest BCUT2D eigenvalue weighted by Gasteiger charge is -2.36. The van der Waals surface area contributed by atoms with Crippen molar-refractivity contribution < 1.29 is 8.78 Å². The van der Waals surface area contributed by atoms with Crippen LogP contribution in [-0.2, 0) is 0 Å². The topological polar surface area (TPSA) is 23.8 Å². The number of nitriles is 1. The van der Waals surface area contributed by atoms with Gasteiger partial charge >= 0.3 is 0 Å². The largest absolute Gasteiger partial charge is 0.206 e. The molecule has 0 atom stereocenters. The first kappa shape index (κ1) is 20.0. The fourth-order valence-electron chi connectivity index (χ4n) is 4.55. The maximum atomic E-state index is 13.9. The summed E-state index contributed by atoms with van der Waals surface area (Å²) >= 11 is 0.500. The van der Waals surface area contributed by atoms with Crippen LogP contribution >= 0.6 is 11.8 Å². The van der Waals surface area contributed by atoms with Crippen LogP contribution in [0.5, 0.6) is 0 Å². The fraction of sp³-hybridized carbons (Fsp3) is 0.522. The molecule has 3 rings (SSSR count). The molecule has 0 saturated heterocycles. The first-order valence-electron chi connectivity index (χ1n) is 9.79. The molecule has 142 valence electrons. The smallest absolute Gasteiger partial charge is 0.142 e. The Balaban J connectivity index is 1.54. The summed E-state index contributed by atoms with van der Waals surface area (Å²) in [6.45, 7) is 3.92. The Morgan fingerprint density at radius 1 is 0.963 bits per heavy atom. The second-order valence-corrected chi connectivity index (χ2v) is 8.55. The zero-order valence-corrected chi connectivity index (χ0v) is 16.3. The molecule has 2 saturated carbocycles. The summed E-state index contributed by atoms with van der Waals surface area (Å²) in [5, 5.41) is 10.3. The molecular weight excluding hydrogens is 360 g/mol. The quantitative estimate of drug-likeness (QED) is 0.250. The van der Waals surface area contributed by atoms with E-state index in [-0.39, 0.29) is 4.90 Å². The maximum Gasteiger partial charge on any atom is 0.142 e. The van der Waals surface area contributed by atoms with Crippen LogP contribution < -0.4 is 0 Å². The van der Waals surface area contributed by atoms with Crippen LogP contribution in [0.2, 0.25) is 0 Å². The van der Waals surface area contributed by atoms with E-state index in [0.717, 1.165) is 24.7 Å². The zero-order chi connectivity index (χ0) is 19.2. The van der Waals surface area contributed by atoms with Crippen molar-refractivity contribution in [3.63, 3.8) is 0 Å². The third-order valence-electron chi connectivity index (χ3n) is 6.15. The highest BCUT2D eigenvalue weighted by Crippen LogP contribution is 2.41. The molecule has 27 heavy (non-hydrogen) atoms. The van der Waals surface area contributed by atoms with Crippen molar-refractivity contribution in [3.8, 4) is 17.2 Å². The molecule has 1 aromatic carbocycles. The van der Waals surface area contributed by atoms with Crippen molar-refractivity contribution in [1.29, 1.82) is 5.26 Å². The number of rotatable bonds is 3. The summed E-state index contributed by atoms with van der Waals surface area (Å²) in [6.07, 6.45) is 11.9. The maximum absolute atomic E-state index is 13.9. The number of nitrogens with zero attached hydrogens (tertiary/aromatic N) is 1. The Bertz CT molecular complexity index is 747. The number of allylic oxidation sites excluding steroid dienone is 1. The van der Waals surface area contributed by atoms with Crippen molar-refractivity contribution in [1.82, 2.24) is 0 Å². The van der Waals surface area contributed by atoms with Crippen LogP contribution in [0.1, 0.15) is 56.9 Å². The van der Waals surface area contributed by atoms with Crippen LogP contribution in [0.3, 0.4) is 0 Å². The van der Waals surface area contributed by atoms with Crippen molar-refractivity contribution in [2.45, 2.75) is 56.3 Å². The van der Waals surface area contributed by atoms with E-state index in [1.165, 1.54) is 50.7 Å². The molecule has 0 aliphatic heterocycles. The van der Waals surface area contributed by atoms with Crippen LogP contribution in [0.15, 0.2) is 29.7 Å². The standard InChI is InChI=1S/C23H25F2NS/c1-2-16-5-9-19(10-6-16)20-11-7-17(8-12-20)3-4-18-13-21(24)23(27-15-26)22(25)14-18/h2,13-14,16-17,19-20H,1,5-12H2. The molecular formula is C23H25F2NS. The highest BCUT2D eigenvalue weighted by Gasteiger charge is 2.29. The highest BCUT2D eigenvalue weighted by atomic mass is 32.2. The minimum Gasteiger partial charge on any atom is -0.206 e. The first-order valence-corrected chi connectivity index (χ1v) is 10.6. The number of halogens is 2. The lowest BCUT2D eigenvalue weighted by molar-refractivity contribution is 0.168. The van der Waals surface area contributed by atoms with E-state index < -0.39 is 11.6 Å². The number of hydrogen-bond acceptors (Lipinski definition) is 2. The summed E-state index contributed by atoms with van der Waals surface area (Å²) in [4.78, 5) is -0.255. The normalized spacial score (nSPS) is 27.9. The summed E-state index contributed by atoms with van der Waals surface area (Å²) < 4.78 is 27.8. The van der Waals surface area contributed by atoms with E-state index >= 15 is 0 Å². The van der Waals surface area contributed by atoms with Crippen molar-refractivity contribution in [2.75, 3.05) is 0 Å². The SMILES string of the molecule is C=CC1CCC(C2CCC(C#Cc3cc(F)c(SC#N)c(F)c3)CC2)CC1. The Morgan fingerprint density at radius 2 is 1.52 bits per heavy atom. The Morgan fingerprint density at radius 3 is 2.04 bits per heavy atom. The van der Waals surface area contributed by atoms with Gasteiger partial charge in [0.2, 0.25) is 0 Å². The second kappa shape index (κ2) is 9.43. The molecule has 2 aliphatic carbocycles. The van der Waals surface area contributed by atoms with E-state index in [4.69, 9.17) is 5.26 Å². The molecule has 0 heterocycles. The molecule has 0 N–H and O–H groups in total. The summed E-state index contributed by atoms with van der Waals surface area (Å²) in [5.41, 5.74) is 0.345. The number of hydrogen-bond donors (Lipinski definition) is 0. The third kappa shape index (κ3) is 5.14. The molecule has 0 spiro atoms. The Kier molecular flexibility index (Phi) is 6.97. The lowest BCUT2D eigenvalue weighted by atomic mass is 9.69. The molecule has 1 nitrogen and oxygen atoms in total. The molecule has 0 radical (unpaired) electrons. The van der Waals surface area contributed by atoms with Gasteiger partial charge in [-0.15, -0.1) is 6.58 Å². The van der Waals surface area contributed by atoms with Gasteiger partial charge in [-0.1, -0.05) is 17.9 Å². The monoisotopic (exact) mass is 385 g/mol. The summed E-state index contributed by atoms with van der Waals surface area (Å²) in [5.74, 6) is 7.40. The molecule has 4 heteroatoms. The number of benzene rings is 1. The van der Waals surface area contributed by atoms with Crippen LogP contribution in [0.4, 0.5) is 8.78 Å². The minimum atomic E-state index is -0.718. The van der Waals surface area contributed by atoms with Gasteiger partial charge in [-0.25, -0.2) is 8.78 Å². The Labute approximate surface area is 165 Å². The number of thiocyanates is 1. The lowest BCUT2D eigenvalue weighted by Crippen LogP contribution is -2.25. The fourth-order valence-corrected chi connectivity index (χ4v) is 4.95. The molecule has 0 amide bonds. The highest BCUT2D eigenvalue weighted by molar-refractivity contribution is 8.03. The van der Waals surface area contributed by atoms with E-state index in [1.54, 1.807) is 5.40 Å². The predicted octanol–water partition coefficient (Wildman–Crippen LogP) is 6.69. The van der Waals surface area contributed by atoms with Crippen molar-refractivity contribution in [3.05, 3.63) is 42.0 Å². The van der Waals surface area contributed by atoms with Crippen molar-refractivity contribution >= 4 is 11.8 Å². The minimum absolute atomic E-state index is 0.255. The predicted molar refractivity (Wildman–Crippen MR) is 106 cm³/mol. The van der Waals surface area contributed by atoms with Gasteiger partial charge in [0.15, 0.2) is 0 Å². The van der Waals surface area contributed by atoms with Crippen molar-refractivity contribution in [2.24, 2.45) is 23.7 Å². The molecule has 0 bridgehead atoms. The van der Waals surface area contributed by atoms with Gasteiger partial charge in [0, 0.05) is 11.5 Å². The molecule has 1 aromatic rings. The van der Waals surface area contributed by atoms with Crippen LogP contribution in [0.25, 0.3) is 0 Å². The molecule has 0 unspecified atom stereocenters. The van der Waals surface area contributed by atoms with E-state index in [0.29, 0.717) is 29.2 Å². The van der Waals surface area contributed by atoms with Gasteiger partial charge in [0.05, 0.1) is 4.90 Å². The average Bonchev–Trinajstić information content (AvgIpc) is 2.70. The first-order chi connectivity index (χ1) is 13.1. The van der Waals surface area contributed by atoms with Gasteiger partial charge in [-0.3, -0.25) is 0 Å². The van der Waals surface area contributed by atoms with Gasteiger partial charge in [-0.2, -0.15) is 5.26 Å². The summed E-state index contributed by atoms with van der Waals surface area (Å²) in [7, 11) is 0. The number of thioether (sulfide) groups is 1. The van der Waals surface area contributed by atoms with E-state index in [9.17, 15) is 8.78 Å². The van der Waals surface area contributed by atoms with Gasteiger partial charge < -0.3 is 0 Å². The summed E-state index contributed by atoms with van der Waals surface area (Å²) in [6, 6.07) is 2.44. The molecule has 2 fully saturated rings. The van der Waals surface area contributed by atoms with Gasteiger partial charge in [0.25, 0.3) is 0 Å². The van der Waals surface area contributed by atoms with Crippen LogP contribution in [0, 0.1) is 57.8 Å². The molecule has 0 aromatic heterocycles. The second-order valence-electron chi connectivity index (χ2n) is 7.75. The van der Waals surface area contributed by atoms with E-state index in [2.05, 4.69) is 24.5 Å². The molecule has 2 aliphatic rings. The Hall–Kier alpha value is -1.78.